The Morgan fingerprint density at radius 1 is 1.56 bits per heavy atom. The molecule has 1 N–H and O–H groups in total. The number of aliphatic hydroxyl groups is 1. The summed E-state index contributed by atoms with van der Waals surface area (Å²) >= 11 is 0. The molecule has 0 spiro atoms. The molecule has 1 aromatic carbocycles. The number of nitriles is 1. The minimum atomic E-state index is -0.602. The molecule has 1 rings (SSSR count). The van der Waals surface area contributed by atoms with Crippen LogP contribution in [-0.4, -0.2) is 23.2 Å². The van der Waals surface area contributed by atoms with Gasteiger partial charge in [-0.15, -0.1) is 0 Å². The van der Waals surface area contributed by atoms with Crippen molar-refractivity contribution in [1.29, 1.82) is 5.26 Å². The van der Waals surface area contributed by atoms with Gasteiger partial charge in [0.2, 0.25) is 0 Å². The Bertz CT molecular complexity index is 425. The molecule has 0 amide bonds. The SMILES string of the molecule is N#Cc1ccc(OCCCO)c([N+](=O)[O-])c1. The molecule has 1 aromatic rings. The van der Waals surface area contributed by atoms with Crippen molar-refractivity contribution in [3.8, 4) is 11.8 Å². The summed E-state index contributed by atoms with van der Waals surface area (Å²) in [5.74, 6) is 0.109. The molecular weight excluding hydrogens is 212 g/mol. The third-order valence-electron chi connectivity index (χ3n) is 1.84. The number of ether oxygens (including phenoxy) is 1. The van der Waals surface area contributed by atoms with Crippen molar-refractivity contribution in [2.45, 2.75) is 6.42 Å². The number of hydrogen-bond donors (Lipinski definition) is 1. The quantitative estimate of drug-likeness (QED) is 0.459. The van der Waals surface area contributed by atoms with Gasteiger partial charge in [0.25, 0.3) is 0 Å². The van der Waals surface area contributed by atoms with Gasteiger partial charge in [-0.25, -0.2) is 0 Å². The molecule has 0 aliphatic rings. The van der Waals surface area contributed by atoms with E-state index in [2.05, 4.69) is 0 Å². The van der Waals surface area contributed by atoms with Gasteiger partial charge in [-0.2, -0.15) is 5.26 Å². The van der Waals surface area contributed by atoms with Crippen LogP contribution < -0.4 is 4.74 Å². The number of aliphatic hydroxyl groups excluding tert-OH is 1. The van der Waals surface area contributed by atoms with Crippen molar-refractivity contribution < 1.29 is 14.8 Å². The fraction of sp³-hybridized carbons (Fsp3) is 0.300. The molecule has 0 atom stereocenters. The largest absolute Gasteiger partial charge is 0.487 e. The van der Waals surface area contributed by atoms with E-state index in [9.17, 15) is 10.1 Å². The van der Waals surface area contributed by atoms with Crippen molar-refractivity contribution >= 4 is 5.69 Å². The second-order valence-electron chi connectivity index (χ2n) is 2.98. The molecule has 0 bridgehead atoms. The van der Waals surface area contributed by atoms with Crippen LogP contribution in [0, 0.1) is 21.4 Å². The molecule has 0 radical (unpaired) electrons. The average Bonchev–Trinajstić information content (AvgIpc) is 2.29. The van der Waals surface area contributed by atoms with Gasteiger partial charge >= 0.3 is 5.69 Å². The Hall–Kier alpha value is -2.13. The van der Waals surface area contributed by atoms with Crippen LogP contribution in [0.2, 0.25) is 0 Å². The van der Waals surface area contributed by atoms with E-state index < -0.39 is 4.92 Å². The van der Waals surface area contributed by atoms with Crippen molar-refractivity contribution in [3.63, 3.8) is 0 Å². The van der Waals surface area contributed by atoms with Crippen LogP contribution in [0.25, 0.3) is 0 Å². The summed E-state index contributed by atoms with van der Waals surface area (Å²) in [6, 6.07) is 5.81. The first kappa shape index (κ1) is 11.9. The molecule has 0 fully saturated rings. The monoisotopic (exact) mass is 222 g/mol. The predicted molar refractivity (Wildman–Crippen MR) is 55.0 cm³/mol. The molecule has 0 saturated carbocycles. The molecule has 0 aliphatic heterocycles. The maximum absolute atomic E-state index is 10.7. The van der Waals surface area contributed by atoms with Gasteiger partial charge < -0.3 is 9.84 Å². The van der Waals surface area contributed by atoms with Gasteiger partial charge in [0, 0.05) is 19.1 Å². The first-order valence-corrected chi connectivity index (χ1v) is 4.61. The maximum atomic E-state index is 10.7. The second-order valence-corrected chi connectivity index (χ2v) is 2.98. The topological polar surface area (TPSA) is 96.4 Å². The standard InChI is InChI=1S/C10H10N2O4/c11-7-8-2-3-10(16-5-1-4-13)9(6-8)12(14)15/h2-3,6,13H,1,4-5H2. The molecular formula is C10H10N2O4. The van der Waals surface area contributed by atoms with Crippen LogP contribution in [0.4, 0.5) is 5.69 Å². The molecule has 0 unspecified atom stereocenters. The summed E-state index contributed by atoms with van der Waals surface area (Å²) in [6.07, 6.45) is 0.400. The first-order valence-electron chi connectivity index (χ1n) is 4.61. The fourth-order valence-corrected chi connectivity index (χ4v) is 1.10. The smallest absolute Gasteiger partial charge is 0.312 e. The zero-order chi connectivity index (χ0) is 12.0. The van der Waals surface area contributed by atoms with Crippen LogP contribution >= 0.6 is 0 Å². The fourth-order valence-electron chi connectivity index (χ4n) is 1.10. The van der Waals surface area contributed by atoms with E-state index in [4.69, 9.17) is 15.1 Å². The van der Waals surface area contributed by atoms with Crippen molar-refractivity contribution in [3.05, 3.63) is 33.9 Å². The third kappa shape index (κ3) is 2.93. The van der Waals surface area contributed by atoms with E-state index in [-0.39, 0.29) is 30.2 Å². The lowest BCUT2D eigenvalue weighted by molar-refractivity contribution is -0.385. The van der Waals surface area contributed by atoms with E-state index >= 15 is 0 Å². The lowest BCUT2D eigenvalue weighted by atomic mass is 10.2. The number of benzene rings is 1. The van der Waals surface area contributed by atoms with Gasteiger partial charge in [-0.3, -0.25) is 10.1 Å². The van der Waals surface area contributed by atoms with E-state index in [0.717, 1.165) is 6.07 Å². The highest BCUT2D eigenvalue weighted by Crippen LogP contribution is 2.27. The van der Waals surface area contributed by atoms with Crippen molar-refractivity contribution in [2.75, 3.05) is 13.2 Å². The average molecular weight is 222 g/mol. The predicted octanol–water partition coefficient (Wildman–Crippen LogP) is 1.23. The summed E-state index contributed by atoms with van der Waals surface area (Å²) < 4.78 is 5.13. The van der Waals surface area contributed by atoms with Crippen molar-refractivity contribution in [1.82, 2.24) is 0 Å². The first-order chi connectivity index (χ1) is 7.69. The number of nitro groups is 1. The lowest BCUT2D eigenvalue weighted by Gasteiger charge is -2.05. The molecule has 6 nitrogen and oxygen atoms in total. The second kappa shape index (κ2) is 5.68. The highest BCUT2D eigenvalue weighted by molar-refractivity contribution is 5.51. The van der Waals surface area contributed by atoms with E-state index in [1.165, 1.54) is 12.1 Å². The Balaban J connectivity index is 2.91. The molecule has 84 valence electrons. The van der Waals surface area contributed by atoms with E-state index in [0.29, 0.717) is 6.42 Å². The van der Waals surface area contributed by atoms with Crippen LogP contribution in [0.1, 0.15) is 12.0 Å². The van der Waals surface area contributed by atoms with Gasteiger partial charge in [-0.05, 0) is 12.1 Å². The van der Waals surface area contributed by atoms with Crippen LogP contribution in [0.15, 0.2) is 18.2 Å². The van der Waals surface area contributed by atoms with Gasteiger partial charge in [0.15, 0.2) is 5.75 Å². The number of nitro benzene ring substituents is 1. The number of hydrogen-bond acceptors (Lipinski definition) is 5. The summed E-state index contributed by atoms with van der Waals surface area (Å²) in [4.78, 5) is 10.1. The summed E-state index contributed by atoms with van der Waals surface area (Å²) in [5.41, 5.74) is -0.0294. The van der Waals surface area contributed by atoms with E-state index in [1.807, 2.05) is 6.07 Å². The van der Waals surface area contributed by atoms with Crippen LogP contribution in [-0.2, 0) is 0 Å². The summed E-state index contributed by atoms with van der Waals surface area (Å²) in [7, 11) is 0. The molecule has 0 aliphatic carbocycles. The molecule has 0 saturated heterocycles. The Morgan fingerprint density at radius 3 is 2.88 bits per heavy atom. The summed E-state index contributed by atoms with van der Waals surface area (Å²) in [6.45, 7) is 0.160. The van der Waals surface area contributed by atoms with Gasteiger partial charge in [0.05, 0.1) is 23.2 Å². The molecule has 16 heavy (non-hydrogen) atoms. The Labute approximate surface area is 91.8 Å². The summed E-state index contributed by atoms with van der Waals surface area (Å²) in [5, 5.41) is 27.8. The highest BCUT2D eigenvalue weighted by Gasteiger charge is 2.15. The molecule has 6 heteroatoms. The zero-order valence-electron chi connectivity index (χ0n) is 8.42. The maximum Gasteiger partial charge on any atom is 0.312 e. The van der Waals surface area contributed by atoms with Gasteiger partial charge in [-0.1, -0.05) is 0 Å². The number of rotatable bonds is 5. The number of nitrogens with zero attached hydrogens (tertiary/aromatic N) is 2. The minimum absolute atomic E-state index is 0.0376. The lowest BCUT2D eigenvalue weighted by Crippen LogP contribution is -2.02. The molecule has 0 aromatic heterocycles. The Kier molecular flexibility index (Phi) is 4.24. The normalized spacial score (nSPS) is 9.50. The Morgan fingerprint density at radius 2 is 2.31 bits per heavy atom. The van der Waals surface area contributed by atoms with Gasteiger partial charge in [0.1, 0.15) is 0 Å². The highest BCUT2D eigenvalue weighted by atomic mass is 16.6. The van der Waals surface area contributed by atoms with Crippen LogP contribution in [0.3, 0.4) is 0 Å². The zero-order valence-corrected chi connectivity index (χ0v) is 8.42. The van der Waals surface area contributed by atoms with E-state index in [1.54, 1.807) is 0 Å². The minimum Gasteiger partial charge on any atom is -0.487 e. The van der Waals surface area contributed by atoms with Crippen molar-refractivity contribution in [2.24, 2.45) is 0 Å². The third-order valence-corrected chi connectivity index (χ3v) is 1.84. The molecule has 0 heterocycles. The van der Waals surface area contributed by atoms with Crippen LogP contribution in [0.5, 0.6) is 5.75 Å².